The number of hydrogen-bond acceptors (Lipinski definition) is 2. The van der Waals surface area contributed by atoms with Crippen LogP contribution in [0.5, 0.6) is 0 Å². The highest BCUT2D eigenvalue weighted by atomic mass is 35.5. The number of rotatable bonds is 0. The molecule has 0 saturated carbocycles. The van der Waals surface area contributed by atoms with Crippen molar-refractivity contribution in [1.29, 1.82) is 0 Å². The molecule has 0 N–H and O–H groups in total. The third kappa shape index (κ3) is 1.41. The molecule has 1 aromatic carbocycles. The number of fused-ring (bicyclic) bond motifs is 1. The van der Waals surface area contributed by atoms with Gasteiger partial charge in [0.05, 0.1) is 5.52 Å². The fourth-order valence-corrected chi connectivity index (χ4v) is 1.60. The van der Waals surface area contributed by atoms with E-state index in [4.69, 9.17) is 11.6 Å². The zero-order valence-electron chi connectivity index (χ0n) is 8.21. The maximum Gasteiger partial charge on any atom is 0.265 e. The summed E-state index contributed by atoms with van der Waals surface area (Å²) in [6, 6.07) is 2.83. The van der Waals surface area contributed by atoms with Crippen molar-refractivity contribution in [2.75, 3.05) is 0 Å². The molecule has 78 valence electrons. The van der Waals surface area contributed by atoms with Gasteiger partial charge in [0.25, 0.3) is 5.56 Å². The standard InChI is InChI=1S/C10H8ClFN2O/c1-5-3-4-6(12)7-8(5)13-10(11)14(2)9(7)15/h3-4H,1-2H3. The van der Waals surface area contributed by atoms with Crippen molar-refractivity contribution in [2.45, 2.75) is 6.92 Å². The van der Waals surface area contributed by atoms with E-state index in [0.29, 0.717) is 5.52 Å². The highest BCUT2D eigenvalue weighted by Gasteiger charge is 2.12. The molecular weight excluding hydrogens is 219 g/mol. The molecule has 0 radical (unpaired) electrons. The van der Waals surface area contributed by atoms with Crippen LogP contribution in [0.3, 0.4) is 0 Å². The Kier molecular flexibility index (Phi) is 2.23. The molecule has 0 atom stereocenters. The molecule has 0 bridgehead atoms. The Morgan fingerprint density at radius 3 is 2.80 bits per heavy atom. The SMILES string of the molecule is Cc1ccc(F)c2c(=O)n(C)c(Cl)nc12. The Bertz CT molecular complexity index is 606. The molecule has 0 spiro atoms. The molecule has 0 aliphatic carbocycles. The van der Waals surface area contributed by atoms with E-state index in [1.807, 2.05) is 0 Å². The van der Waals surface area contributed by atoms with Crippen molar-refractivity contribution < 1.29 is 4.39 Å². The van der Waals surface area contributed by atoms with Gasteiger partial charge in [0.2, 0.25) is 5.28 Å². The zero-order valence-corrected chi connectivity index (χ0v) is 8.97. The average Bonchev–Trinajstić information content (AvgIpc) is 2.20. The van der Waals surface area contributed by atoms with Crippen LogP contribution in [0.4, 0.5) is 4.39 Å². The maximum absolute atomic E-state index is 13.4. The first-order valence-corrected chi connectivity index (χ1v) is 4.71. The van der Waals surface area contributed by atoms with E-state index in [1.165, 1.54) is 13.1 Å². The Labute approximate surface area is 90.1 Å². The van der Waals surface area contributed by atoms with Crippen LogP contribution in [-0.4, -0.2) is 9.55 Å². The average molecular weight is 227 g/mol. The Balaban J connectivity index is 3.12. The fraction of sp³-hybridized carbons (Fsp3) is 0.200. The number of hydrogen-bond donors (Lipinski definition) is 0. The lowest BCUT2D eigenvalue weighted by atomic mass is 10.1. The zero-order chi connectivity index (χ0) is 11.2. The van der Waals surface area contributed by atoms with E-state index in [1.54, 1.807) is 13.0 Å². The van der Waals surface area contributed by atoms with Crippen molar-refractivity contribution in [3.05, 3.63) is 39.2 Å². The third-order valence-electron chi connectivity index (χ3n) is 2.33. The predicted molar refractivity (Wildman–Crippen MR) is 56.7 cm³/mol. The highest BCUT2D eigenvalue weighted by molar-refractivity contribution is 6.28. The lowest BCUT2D eigenvalue weighted by Crippen LogP contribution is -2.20. The molecular formula is C10H8ClFN2O. The van der Waals surface area contributed by atoms with Crippen LogP contribution in [0.25, 0.3) is 10.9 Å². The lowest BCUT2D eigenvalue weighted by Gasteiger charge is -2.05. The number of benzene rings is 1. The van der Waals surface area contributed by atoms with Gasteiger partial charge in [-0.05, 0) is 30.2 Å². The van der Waals surface area contributed by atoms with Gasteiger partial charge in [-0.15, -0.1) is 0 Å². The molecule has 1 heterocycles. The van der Waals surface area contributed by atoms with Gasteiger partial charge in [-0.25, -0.2) is 9.37 Å². The number of aromatic nitrogens is 2. The van der Waals surface area contributed by atoms with Crippen LogP contribution in [0, 0.1) is 12.7 Å². The molecule has 2 aromatic rings. The van der Waals surface area contributed by atoms with Crippen LogP contribution in [0.15, 0.2) is 16.9 Å². The first-order valence-electron chi connectivity index (χ1n) is 4.33. The van der Waals surface area contributed by atoms with E-state index >= 15 is 0 Å². The summed E-state index contributed by atoms with van der Waals surface area (Å²) in [5, 5.41) is 0.0445. The maximum atomic E-state index is 13.4. The van der Waals surface area contributed by atoms with Crippen molar-refractivity contribution in [2.24, 2.45) is 7.05 Å². The molecule has 1 aromatic heterocycles. The van der Waals surface area contributed by atoms with Crippen LogP contribution in [0.2, 0.25) is 5.28 Å². The predicted octanol–water partition coefficient (Wildman–Crippen LogP) is 2.03. The molecule has 0 unspecified atom stereocenters. The van der Waals surface area contributed by atoms with Crippen molar-refractivity contribution in [1.82, 2.24) is 9.55 Å². The summed E-state index contributed by atoms with van der Waals surface area (Å²) in [5.41, 5.74) is 0.584. The van der Waals surface area contributed by atoms with Gasteiger partial charge in [-0.3, -0.25) is 9.36 Å². The second kappa shape index (κ2) is 3.31. The second-order valence-corrected chi connectivity index (χ2v) is 3.67. The number of halogens is 2. The van der Waals surface area contributed by atoms with E-state index < -0.39 is 11.4 Å². The number of aryl methyl sites for hydroxylation is 1. The normalized spacial score (nSPS) is 10.9. The molecule has 2 rings (SSSR count). The van der Waals surface area contributed by atoms with Gasteiger partial charge in [0.1, 0.15) is 11.2 Å². The molecule has 3 nitrogen and oxygen atoms in total. The highest BCUT2D eigenvalue weighted by Crippen LogP contribution is 2.17. The quantitative estimate of drug-likeness (QED) is 0.645. The summed E-state index contributed by atoms with van der Waals surface area (Å²) >= 11 is 5.75. The van der Waals surface area contributed by atoms with E-state index in [-0.39, 0.29) is 10.7 Å². The van der Waals surface area contributed by atoms with Gasteiger partial charge < -0.3 is 0 Å². The van der Waals surface area contributed by atoms with Gasteiger partial charge in [0, 0.05) is 7.05 Å². The molecule has 0 amide bonds. The summed E-state index contributed by atoms with van der Waals surface area (Å²) in [4.78, 5) is 15.7. The summed E-state index contributed by atoms with van der Waals surface area (Å²) in [7, 11) is 1.46. The Hall–Kier alpha value is -1.42. The molecule has 0 saturated heterocycles. The fourth-order valence-electron chi connectivity index (χ4n) is 1.44. The van der Waals surface area contributed by atoms with Gasteiger partial charge in [-0.2, -0.15) is 0 Å². The molecule has 0 aliphatic heterocycles. The van der Waals surface area contributed by atoms with E-state index in [2.05, 4.69) is 4.98 Å². The monoisotopic (exact) mass is 226 g/mol. The second-order valence-electron chi connectivity index (χ2n) is 3.33. The molecule has 15 heavy (non-hydrogen) atoms. The summed E-state index contributed by atoms with van der Waals surface area (Å²) < 4.78 is 14.6. The minimum atomic E-state index is -0.569. The topological polar surface area (TPSA) is 34.9 Å². The van der Waals surface area contributed by atoms with Crippen molar-refractivity contribution >= 4 is 22.5 Å². The largest absolute Gasteiger partial charge is 0.286 e. The van der Waals surface area contributed by atoms with Crippen LogP contribution in [0.1, 0.15) is 5.56 Å². The third-order valence-corrected chi connectivity index (χ3v) is 2.67. The minimum Gasteiger partial charge on any atom is -0.286 e. The van der Waals surface area contributed by atoms with E-state index in [9.17, 15) is 9.18 Å². The van der Waals surface area contributed by atoms with Crippen molar-refractivity contribution in [3.63, 3.8) is 0 Å². The van der Waals surface area contributed by atoms with Gasteiger partial charge >= 0.3 is 0 Å². The summed E-state index contributed by atoms with van der Waals surface area (Å²) in [5.74, 6) is -0.569. The van der Waals surface area contributed by atoms with Gasteiger partial charge in [-0.1, -0.05) is 6.07 Å². The first kappa shape index (κ1) is 10.1. The first-order chi connectivity index (χ1) is 7.02. The van der Waals surface area contributed by atoms with Crippen LogP contribution in [-0.2, 0) is 7.05 Å². The Morgan fingerprint density at radius 2 is 2.13 bits per heavy atom. The van der Waals surface area contributed by atoms with Crippen LogP contribution >= 0.6 is 11.6 Å². The van der Waals surface area contributed by atoms with Gasteiger partial charge in [0.15, 0.2) is 0 Å². The van der Waals surface area contributed by atoms with Crippen LogP contribution < -0.4 is 5.56 Å². The smallest absolute Gasteiger partial charge is 0.265 e. The number of nitrogens with zero attached hydrogens (tertiary/aromatic N) is 2. The summed E-state index contributed by atoms with van der Waals surface area (Å²) in [6.45, 7) is 1.75. The summed E-state index contributed by atoms with van der Waals surface area (Å²) in [6.07, 6.45) is 0. The van der Waals surface area contributed by atoms with E-state index in [0.717, 1.165) is 10.1 Å². The molecule has 0 fully saturated rings. The molecule has 0 aliphatic rings. The van der Waals surface area contributed by atoms with Crippen molar-refractivity contribution in [3.8, 4) is 0 Å². The lowest BCUT2D eigenvalue weighted by molar-refractivity contribution is 0.636. The Morgan fingerprint density at radius 1 is 1.47 bits per heavy atom. The molecule has 5 heteroatoms. The minimum absolute atomic E-state index is 0.0121.